The zero-order valence-electron chi connectivity index (χ0n) is 15.9. The molecule has 2 aromatic carbocycles. The number of rotatable bonds is 5. The predicted molar refractivity (Wildman–Crippen MR) is 109 cm³/mol. The summed E-state index contributed by atoms with van der Waals surface area (Å²) < 4.78 is 5.78. The van der Waals surface area contributed by atoms with Gasteiger partial charge in [-0.25, -0.2) is 5.01 Å². The molecule has 1 aliphatic heterocycles. The van der Waals surface area contributed by atoms with Gasteiger partial charge in [-0.3, -0.25) is 5.01 Å². The van der Waals surface area contributed by atoms with Gasteiger partial charge >= 0.3 is 0 Å². The number of fused-ring (bicyclic) bond motifs is 1. The molecule has 0 unspecified atom stereocenters. The van der Waals surface area contributed by atoms with Crippen molar-refractivity contribution < 1.29 is 4.74 Å². The molecule has 4 heteroatoms. The minimum absolute atomic E-state index is 0.838. The lowest BCUT2D eigenvalue weighted by Crippen LogP contribution is -2.35. The van der Waals surface area contributed by atoms with Gasteiger partial charge in [-0.15, -0.1) is 0 Å². The average Bonchev–Trinajstić information content (AvgIpc) is 3.28. The fourth-order valence-corrected chi connectivity index (χ4v) is 4.07. The second-order valence-corrected chi connectivity index (χ2v) is 7.65. The maximum atomic E-state index is 5.78. The van der Waals surface area contributed by atoms with Crippen molar-refractivity contribution in [2.24, 2.45) is 5.92 Å². The summed E-state index contributed by atoms with van der Waals surface area (Å²) in [4.78, 5) is 3.34. The van der Waals surface area contributed by atoms with Crippen molar-refractivity contribution in [1.82, 2.24) is 9.99 Å². The molecule has 1 saturated carbocycles. The smallest absolute Gasteiger partial charge is 0.130 e. The van der Waals surface area contributed by atoms with E-state index in [0.717, 1.165) is 41.7 Å². The Morgan fingerprint density at radius 2 is 1.96 bits per heavy atom. The van der Waals surface area contributed by atoms with Crippen molar-refractivity contribution >= 4 is 11.4 Å². The molecule has 1 N–H and O–H groups in total. The number of aryl methyl sites for hydroxylation is 1. The third-order valence-electron chi connectivity index (χ3n) is 5.68. The largest absolute Gasteiger partial charge is 0.496 e. The van der Waals surface area contributed by atoms with Crippen molar-refractivity contribution in [3.05, 3.63) is 65.9 Å². The van der Waals surface area contributed by atoms with Gasteiger partial charge in [-0.1, -0.05) is 18.2 Å². The summed E-state index contributed by atoms with van der Waals surface area (Å²) in [5.41, 5.74) is 7.28. The van der Waals surface area contributed by atoms with Crippen LogP contribution >= 0.6 is 0 Å². The Kier molecular flexibility index (Phi) is 3.94. The highest BCUT2D eigenvalue weighted by Gasteiger charge is 2.33. The highest BCUT2D eigenvalue weighted by atomic mass is 16.5. The second kappa shape index (κ2) is 6.46. The van der Waals surface area contributed by atoms with Crippen LogP contribution in [0, 0.1) is 12.8 Å². The van der Waals surface area contributed by atoms with Crippen molar-refractivity contribution in [3.63, 3.8) is 0 Å². The fraction of sp³-hybridized carbons (Fsp3) is 0.304. The van der Waals surface area contributed by atoms with Crippen LogP contribution in [0.4, 0.5) is 11.4 Å². The molecule has 1 aromatic heterocycles. The Labute approximate surface area is 160 Å². The molecule has 4 nitrogen and oxygen atoms in total. The molecule has 0 bridgehead atoms. The number of ether oxygens (including phenoxy) is 1. The number of para-hydroxylation sites is 1. The number of H-pyrrole nitrogens is 1. The Hall–Kier alpha value is -2.72. The van der Waals surface area contributed by atoms with E-state index in [1.165, 1.54) is 29.7 Å². The Morgan fingerprint density at radius 1 is 1.11 bits per heavy atom. The predicted octanol–water partition coefficient (Wildman–Crippen LogP) is 5.28. The number of nitrogens with zero attached hydrogens (tertiary/aromatic N) is 2. The Bertz CT molecular complexity index is 973. The topological polar surface area (TPSA) is 31.5 Å². The van der Waals surface area contributed by atoms with Crippen LogP contribution in [-0.2, 0) is 6.54 Å². The van der Waals surface area contributed by atoms with Crippen LogP contribution in [-0.4, -0.2) is 23.6 Å². The number of hydrogen-bond donors (Lipinski definition) is 1. The van der Waals surface area contributed by atoms with Gasteiger partial charge in [0, 0.05) is 30.9 Å². The van der Waals surface area contributed by atoms with E-state index in [2.05, 4.69) is 70.5 Å². The average molecular weight is 359 g/mol. The van der Waals surface area contributed by atoms with Crippen LogP contribution in [0.1, 0.15) is 24.0 Å². The zero-order chi connectivity index (χ0) is 18.4. The molecule has 1 aliphatic carbocycles. The first kappa shape index (κ1) is 16.5. The molecule has 138 valence electrons. The van der Waals surface area contributed by atoms with Crippen molar-refractivity contribution in [2.75, 3.05) is 18.7 Å². The third-order valence-corrected chi connectivity index (χ3v) is 5.68. The van der Waals surface area contributed by atoms with Crippen LogP contribution in [0.3, 0.4) is 0 Å². The highest BCUT2D eigenvalue weighted by molar-refractivity contribution is 5.76. The maximum Gasteiger partial charge on any atom is 0.130 e. The lowest BCUT2D eigenvalue weighted by Gasteiger charge is -2.31. The van der Waals surface area contributed by atoms with E-state index >= 15 is 0 Å². The van der Waals surface area contributed by atoms with Gasteiger partial charge in [0.2, 0.25) is 0 Å². The van der Waals surface area contributed by atoms with E-state index in [0.29, 0.717) is 0 Å². The van der Waals surface area contributed by atoms with Crippen molar-refractivity contribution in [1.29, 1.82) is 0 Å². The normalized spacial score (nSPS) is 16.6. The fourth-order valence-electron chi connectivity index (χ4n) is 4.07. The molecule has 27 heavy (non-hydrogen) atoms. The molecule has 2 aliphatic rings. The number of aromatic nitrogens is 1. The summed E-state index contributed by atoms with van der Waals surface area (Å²) in [7, 11) is 1.75. The Morgan fingerprint density at radius 3 is 2.70 bits per heavy atom. The van der Waals surface area contributed by atoms with Crippen LogP contribution in [0.15, 0.2) is 54.7 Å². The third kappa shape index (κ3) is 2.90. The first-order chi connectivity index (χ1) is 13.2. The van der Waals surface area contributed by atoms with E-state index in [4.69, 9.17) is 4.74 Å². The van der Waals surface area contributed by atoms with E-state index in [1.807, 2.05) is 6.20 Å². The number of nitrogens with one attached hydrogen (secondary N) is 1. The van der Waals surface area contributed by atoms with Gasteiger partial charge in [0.1, 0.15) is 5.75 Å². The summed E-state index contributed by atoms with van der Waals surface area (Å²) in [6.07, 6.45) is 4.69. The standard InChI is InChI=1S/C23H25N3O/c1-16-11-12-24-23(16)20-10-9-19(13-22(20)27-2)26-21-6-4-3-5-18(21)15-25(26)14-17-7-8-17/h3-6,9-13,17,24H,7-8,14-15H2,1-2H3. The lowest BCUT2D eigenvalue weighted by atomic mass is 10.1. The second-order valence-electron chi connectivity index (χ2n) is 7.65. The summed E-state index contributed by atoms with van der Waals surface area (Å²) in [6.45, 7) is 4.22. The van der Waals surface area contributed by atoms with Gasteiger partial charge in [0.05, 0.1) is 24.2 Å². The molecular formula is C23H25N3O. The zero-order valence-corrected chi connectivity index (χ0v) is 15.9. The summed E-state index contributed by atoms with van der Waals surface area (Å²) >= 11 is 0. The SMILES string of the molecule is COc1cc(N2c3ccccc3CN2CC2CC2)ccc1-c1[nH]ccc1C. The van der Waals surface area contributed by atoms with Gasteiger partial charge in [-0.05, 0) is 61.1 Å². The molecule has 1 fully saturated rings. The van der Waals surface area contributed by atoms with Gasteiger partial charge in [0.25, 0.3) is 0 Å². The number of aromatic amines is 1. The number of hydrazine groups is 1. The van der Waals surface area contributed by atoms with Gasteiger partial charge in [-0.2, -0.15) is 0 Å². The van der Waals surface area contributed by atoms with Crippen LogP contribution < -0.4 is 9.75 Å². The van der Waals surface area contributed by atoms with E-state index in [9.17, 15) is 0 Å². The minimum Gasteiger partial charge on any atom is -0.496 e. The highest BCUT2D eigenvalue weighted by Crippen LogP contribution is 2.43. The van der Waals surface area contributed by atoms with Gasteiger partial charge < -0.3 is 9.72 Å². The minimum atomic E-state index is 0.838. The van der Waals surface area contributed by atoms with Gasteiger partial charge in [0.15, 0.2) is 0 Å². The Balaban J connectivity index is 1.56. The van der Waals surface area contributed by atoms with Crippen molar-refractivity contribution in [3.8, 4) is 17.0 Å². The number of hydrogen-bond acceptors (Lipinski definition) is 3. The molecular weight excluding hydrogens is 334 g/mol. The number of anilines is 2. The molecule has 0 amide bonds. The molecule has 0 atom stereocenters. The summed E-state index contributed by atoms with van der Waals surface area (Å²) in [6, 6.07) is 17.4. The van der Waals surface area contributed by atoms with Crippen LogP contribution in [0.25, 0.3) is 11.3 Å². The first-order valence-corrected chi connectivity index (χ1v) is 9.70. The monoisotopic (exact) mass is 359 g/mol. The lowest BCUT2D eigenvalue weighted by molar-refractivity contribution is 0.279. The molecule has 0 saturated heterocycles. The number of methoxy groups -OCH3 is 1. The summed E-state index contributed by atoms with van der Waals surface area (Å²) in [5.74, 6) is 1.73. The molecule has 5 rings (SSSR count). The van der Waals surface area contributed by atoms with Crippen LogP contribution in [0.5, 0.6) is 5.75 Å². The van der Waals surface area contributed by atoms with E-state index in [1.54, 1.807) is 7.11 Å². The molecule has 0 spiro atoms. The summed E-state index contributed by atoms with van der Waals surface area (Å²) in [5, 5.41) is 4.86. The molecule has 0 radical (unpaired) electrons. The molecule has 2 heterocycles. The molecule has 3 aromatic rings. The van der Waals surface area contributed by atoms with Crippen molar-refractivity contribution in [2.45, 2.75) is 26.3 Å². The van der Waals surface area contributed by atoms with E-state index in [-0.39, 0.29) is 0 Å². The first-order valence-electron chi connectivity index (χ1n) is 9.70. The number of benzene rings is 2. The van der Waals surface area contributed by atoms with Crippen LogP contribution in [0.2, 0.25) is 0 Å². The van der Waals surface area contributed by atoms with E-state index < -0.39 is 0 Å². The maximum absolute atomic E-state index is 5.78. The quantitative estimate of drug-likeness (QED) is 0.673.